The van der Waals surface area contributed by atoms with Crippen LogP contribution in [0.3, 0.4) is 0 Å². The Hall–Kier alpha value is -4.92. The van der Waals surface area contributed by atoms with Crippen molar-refractivity contribution >= 4 is 33.5 Å². The highest BCUT2D eigenvalue weighted by molar-refractivity contribution is 6.00. The van der Waals surface area contributed by atoms with Crippen molar-refractivity contribution in [1.82, 2.24) is 30.1 Å². The molecule has 6 aromatic rings. The molecule has 3 N–H and O–H groups in total. The fourth-order valence-corrected chi connectivity index (χ4v) is 5.61. The number of pyridine rings is 3. The molecule has 0 radical (unpaired) electrons. The minimum absolute atomic E-state index is 0.0568. The van der Waals surface area contributed by atoms with Gasteiger partial charge in [-0.2, -0.15) is 5.10 Å². The molecule has 1 aliphatic rings. The van der Waals surface area contributed by atoms with Crippen LogP contribution < -0.4 is 5.32 Å². The third kappa shape index (κ3) is 4.39. The number of fused-ring (bicyclic) bond motifs is 2. The van der Waals surface area contributed by atoms with Gasteiger partial charge in [0.2, 0.25) is 5.91 Å². The first kappa shape index (κ1) is 24.1. The average molecular weight is 532 g/mol. The van der Waals surface area contributed by atoms with Gasteiger partial charge < -0.3 is 10.3 Å². The van der Waals surface area contributed by atoms with Crippen LogP contribution in [0.4, 0.5) is 10.1 Å². The molecule has 0 unspecified atom stereocenters. The molecule has 0 bridgehead atoms. The number of carbonyl (C=O) groups is 1. The van der Waals surface area contributed by atoms with Gasteiger partial charge in [-0.05, 0) is 48.7 Å². The van der Waals surface area contributed by atoms with Crippen molar-refractivity contribution in [3.63, 3.8) is 0 Å². The van der Waals surface area contributed by atoms with Crippen molar-refractivity contribution in [3.05, 3.63) is 79.1 Å². The normalized spacial score (nSPS) is 14.1. The Labute approximate surface area is 229 Å². The van der Waals surface area contributed by atoms with Gasteiger partial charge in [0.1, 0.15) is 17.2 Å². The number of benzene rings is 1. The van der Waals surface area contributed by atoms with Crippen LogP contribution in [0.25, 0.3) is 55.7 Å². The Morgan fingerprint density at radius 1 is 0.925 bits per heavy atom. The lowest BCUT2D eigenvalue weighted by Gasteiger charge is -2.20. The number of aromatic amines is 2. The van der Waals surface area contributed by atoms with E-state index in [-0.39, 0.29) is 17.6 Å². The number of aromatic nitrogens is 6. The van der Waals surface area contributed by atoms with Crippen molar-refractivity contribution in [2.24, 2.45) is 5.92 Å². The van der Waals surface area contributed by atoms with E-state index in [9.17, 15) is 9.18 Å². The monoisotopic (exact) mass is 531 g/mol. The second-order valence-electron chi connectivity index (χ2n) is 10.3. The summed E-state index contributed by atoms with van der Waals surface area (Å²) in [7, 11) is 0. The lowest BCUT2D eigenvalue weighted by molar-refractivity contribution is -0.120. The maximum absolute atomic E-state index is 14.6. The quantitative estimate of drug-likeness (QED) is 0.224. The van der Waals surface area contributed by atoms with Crippen LogP contribution in [-0.4, -0.2) is 36.0 Å². The van der Waals surface area contributed by atoms with Crippen molar-refractivity contribution in [1.29, 1.82) is 0 Å². The van der Waals surface area contributed by atoms with Crippen molar-refractivity contribution < 1.29 is 9.18 Å². The second-order valence-corrected chi connectivity index (χ2v) is 10.3. The maximum Gasteiger partial charge on any atom is 0.227 e. The van der Waals surface area contributed by atoms with Crippen LogP contribution >= 0.6 is 0 Å². The molecule has 0 spiro atoms. The number of nitrogens with zero attached hydrogens (tertiary/aromatic N) is 4. The van der Waals surface area contributed by atoms with Crippen LogP contribution in [0.2, 0.25) is 0 Å². The number of anilines is 1. The largest absolute Gasteiger partial charge is 0.338 e. The molecule has 9 heteroatoms. The second kappa shape index (κ2) is 10.00. The zero-order valence-corrected chi connectivity index (χ0v) is 21.6. The molecule has 1 amide bonds. The van der Waals surface area contributed by atoms with Crippen molar-refractivity contribution in [3.8, 4) is 33.8 Å². The minimum Gasteiger partial charge on any atom is -0.338 e. The van der Waals surface area contributed by atoms with Gasteiger partial charge in [-0.15, -0.1) is 0 Å². The Bertz CT molecular complexity index is 1870. The van der Waals surface area contributed by atoms with E-state index in [1.165, 1.54) is 12.5 Å². The highest BCUT2D eigenvalue weighted by Crippen LogP contribution is 2.35. The average Bonchev–Trinajstić information content (AvgIpc) is 3.62. The van der Waals surface area contributed by atoms with Gasteiger partial charge in [-0.1, -0.05) is 37.5 Å². The minimum atomic E-state index is -0.288. The summed E-state index contributed by atoms with van der Waals surface area (Å²) in [6, 6.07) is 14.3. The standard InChI is InChI=1S/C31H26FN7O/c32-25-9-5-4-8-22(25)21-10-11-34-30-23(21)13-27(37-30)29-24-14-26(35-17-28(24)38-39-29)19-12-20(16-33-15-19)36-31(40)18-6-2-1-3-7-18/h4-5,8-18H,1-3,6-7H2,(H,34,37)(H,36,40)(H,38,39). The van der Waals surface area contributed by atoms with Gasteiger partial charge in [-0.25, -0.2) is 9.37 Å². The number of hydrogen-bond acceptors (Lipinski definition) is 5. The van der Waals surface area contributed by atoms with Crippen LogP contribution in [0.5, 0.6) is 0 Å². The molecule has 0 atom stereocenters. The zero-order chi connectivity index (χ0) is 27.1. The molecular weight excluding hydrogens is 505 g/mol. The summed E-state index contributed by atoms with van der Waals surface area (Å²) in [6.07, 6.45) is 12.1. The topological polar surface area (TPSA) is 112 Å². The summed E-state index contributed by atoms with van der Waals surface area (Å²) in [4.78, 5) is 29.6. The highest BCUT2D eigenvalue weighted by atomic mass is 19.1. The van der Waals surface area contributed by atoms with E-state index in [1.54, 1.807) is 36.9 Å². The van der Waals surface area contributed by atoms with Gasteiger partial charge in [0.05, 0.1) is 35.0 Å². The summed E-state index contributed by atoms with van der Waals surface area (Å²) in [5, 5.41) is 12.3. The van der Waals surface area contributed by atoms with E-state index in [0.717, 1.165) is 58.8 Å². The van der Waals surface area contributed by atoms with Gasteiger partial charge in [0.25, 0.3) is 0 Å². The molecule has 1 aliphatic carbocycles. The lowest BCUT2D eigenvalue weighted by Crippen LogP contribution is -2.24. The molecule has 8 nitrogen and oxygen atoms in total. The Kier molecular flexibility index (Phi) is 6.03. The van der Waals surface area contributed by atoms with E-state index in [1.807, 2.05) is 30.3 Å². The first-order valence-electron chi connectivity index (χ1n) is 13.5. The molecule has 1 saturated carbocycles. The molecule has 0 saturated heterocycles. The number of hydrogen-bond donors (Lipinski definition) is 3. The molecular formula is C31H26FN7O. The van der Waals surface area contributed by atoms with E-state index < -0.39 is 0 Å². The van der Waals surface area contributed by atoms with Gasteiger partial charge in [0.15, 0.2) is 0 Å². The lowest BCUT2D eigenvalue weighted by atomic mass is 9.88. The summed E-state index contributed by atoms with van der Waals surface area (Å²) in [6.45, 7) is 0. The van der Waals surface area contributed by atoms with E-state index in [4.69, 9.17) is 0 Å². The third-order valence-electron chi connectivity index (χ3n) is 7.68. The smallest absolute Gasteiger partial charge is 0.227 e. The molecule has 7 rings (SSSR count). The van der Waals surface area contributed by atoms with E-state index in [0.29, 0.717) is 28.3 Å². The maximum atomic E-state index is 14.6. The number of rotatable bonds is 5. The molecule has 1 fully saturated rings. The SMILES string of the molecule is O=C(Nc1cncc(-c2cc3c(-c4cc5c(-c6ccccc6F)ccnc5[nH]4)n[nH]c3cn2)c1)C1CCCCC1. The van der Waals surface area contributed by atoms with Gasteiger partial charge >= 0.3 is 0 Å². The summed E-state index contributed by atoms with van der Waals surface area (Å²) in [5.41, 5.74) is 6.29. The van der Waals surface area contributed by atoms with Crippen molar-refractivity contribution in [2.45, 2.75) is 32.1 Å². The molecule has 1 aromatic carbocycles. The highest BCUT2D eigenvalue weighted by Gasteiger charge is 2.21. The molecule has 40 heavy (non-hydrogen) atoms. The van der Waals surface area contributed by atoms with Crippen LogP contribution in [0.1, 0.15) is 32.1 Å². The molecule has 198 valence electrons. The summed E-state index contributed by atoms with van der Waals surface area (Å²) in [5.74, 6) is -0.170. The van der Waals surface area contributed by atoms with Crippen LogP contribution in [0.15, 0.2) is 73.3 Å². The van der Waals surface area contributed by atoms with Crippen molar-refractivity contribution in [2.75, 3.05) is 5.32 Å². The molecule has 5 aromatic heterocycles. The molecule has 5 heterocycles. The Morgan fingerprint density at radius 2 is 1.80 bits per heavy atom. The Morgan fingerprint density at radius 3 is 2.67 bits per heavy atom. The number of amides is 1. The van der Waals surface area contributed by atoms with Gasteiger partial charge in [0, 0.05) is 40.2 Å². The predicted molar refractivity (Wildman–Crippen MR) is 153 cm³/mol. The van der Waals surface area contributed by atoms with E-state index >= 15 is 0 Å². The number of carbonyl (C=O) groups excluding carboxylic acids is 1. The number of halogens is 1. The number of nitrogens with one attached hydrogen (secondary N) is 3. The zero-order valence-electron chi connectivity index (χ0n) is 21.6. The molecule has 0 aliphatic heterocycles. The summed E-state index contributed by atoms with van der Waals surface area (Å²) >= 11 is 0. The first-order valence-corrected chi connectivity index (χ1v) is 13.5. The van der Waals surface area contributed by atoms with Gasteiger partial charge in [-0.3, -0.25) is 19.9 Å². The number of H-pyrrole nitrogens is 2. The third-order valence-corrected chi connectivity index (χ3v) is 7.68. The fourth-order valence-electron chi connectivity index (χ4n) is 5.61. The first-order chi connectivity index (χ1) is 19.6. The van der Waals surface area contributed by atoms with Crippen LogP contribution in [0, 0.1) is 11.7 Å². The van der Waals surface area contributed by atoms with Crippen LogP contribution in [-0.2, 0) is 4.79 Å². The van der Waals surface area contributed by atoms with E-state index in [2.05, 4.69) is 35.5 Å². The summed E-state index contributed by atoms with van der Waals surface area (Å²) < 4.78 is 14.6. The Balaban J connectivity index is 1.23. The predicted octanol–water partition coefficient (Wildman–Crippen LogP) is 6.89. The fraction of sp³-hybridized carbons (Fsp3) is 0.194.